The van der Waals surface area contributed by atoms with Crippen molar-refractivity contribution in [2.45, 2.75) is 44.8 Å². The molecule has 34 heavy (non-hydrogen) atoms. The van der Waals surface area contributed by atoms with Crippen molar-refractivity contribution >= 4 is 28.0 Å². The lowest BCUT2D eigenvalue weighted by Crippen LogP contribution is -2.27. The SMILES string of the molecule is COC(=O)C[C@H](O)CC(O)/C=C/c1c(-c2ccc(F)cc2)nc(N(C)S(C)(=O)=O)nc1C(C)C. The van der Waals surface area contributed by atoms with Crippen molar-refractivity contribution < 1.29 is 32.6 Å². The van der Waals surface area contributed by atoms with E-state index in [1.54, 1.807) is 6.08 Å². The number of benzene rings is 1. The van der Waals surface area contributed by atoms with Crippen LogP contribution in [0.1, 0.15) is 43.9 Å². The molecule has 2 aromatic rings. The van der Waals surface area contributed by atoms with Gasteiger partial charge in [0.1, 0.15) is 5.82 Å². The Morgan fingerprint density at radius 3 is 2.35 bits per heavy atom. The van der Waals surface area contributed by atoms with Gasteiger partial charge in [0, 0.05) is 24.6 Å². The molecule has 2 rings (SSSR count). The fourth-order valence-corrected chi connectivity index (χ4v) is 3.50. The lowest BCUT2D eigenvalue weighted by Gasteiger charge is -2.20. The van der Waals surface area contributed by atoms with Crippen LogP contribution in [0.5, 0.6) is 0 Å². The summed E-state index contributed by atoms with van der Waals surface area (Å²) in [6.45, 7) is 3.74. The Labute approximate surface area is 199 Å². The number of hydrogen-bond acceptors (Lipinski definition) is 8. The zero-order valence-corrected chi connectivity index (χ0v) is 20.6. The molecule has 0 bridgehead atoms. The van der Waals surface area contributed by atoms with Crippen LogP contribution in [0.3, 0.4) is 0 Å². The molecule has 0 amide bonds. The minimum Gasteiger partial charge on any atom is -0.469 e. The van der Waals surface area contributed by atoms with Crippen molar-refractivity contribution in [3.8, 4) is 11.3 Å². The maximum atomic E-state index is 13.5. The van der Waals surface area contributed by atoms with Crippen molar-refractivity contribution in [3.63, 3.8) is 0 Å². The maximum Gasteiger partial charge on any atom is 0.308 e. The van der Waals surface area contributed by atoms with Gasteiger partial charge >= 0.3 is 5.97 Å². The Morgan fingerprint density at radius 1 is 1.21 bits per heavy atom. The second-order valence-corrected chi connectivity index (χ2v) is 10.2. The van der Waals surface area contributed by atoms with Crippen LogP contribution in [-0.2, 0) is 19.6 Å². The molecule has 186 valence electrons. The fourth-order valence-electron chi connectivity index (χ4n) is 3.12. The van der Waals surface area contributed by atoms with Gasteiger partial charge < -0.3 is 14.9 Å². The summed E-state index contributed by atoms with van der Waals surface area (Å²) in [6, 6.07) is 5.55. The number of carbonyl (C=O) groups is 1. The summed E-state index contributed by atoms with van der Waals surface area (Å²) in [6.07, 6.45) is 1.48. The molecule has 11 heteroatoms. The molecule has 9 nitrogen and oxygen atoms in total. The predicted molar refractivity (Wildman–Crippen MR) is 127 cm³/mol. The van der Waals surface area contributed by atoms with E-state index in [-0.39, 0.29) is 24.7 Å². The highest BCUT2D eigenvalue weighted by molar-refractivity contribution is 7.92. The van der Waals surface area contributed by atoms with E-state index in [1.165, 1.54) is 44.5 Å². The minimum absolute atomic E-state index is 0.0447. The summed E-state index contributed by atoms with van der Waals surface area (Å²) in [4.78, 5) is 20.2. The third-order valence-electron chi connectivity index (χ3n) is 5.04. The molecule has 0 saturated carbocycles. The number of hydrogen-bond donors (Lipinski definition) is 2. The van der Waals surface area contributed by atoms with Gasteiger partial charge in [-0.15, -0.1) is 0 Å². The number of carbonyl (C=O) groups excluding carboxylic acids is 1. The Hall–Kier alpha value is -2.89. The summed E-state index contributed by atoms with van der Waals surface area (Å²) in [7, 11) is -1.10. The van der Waals surface area contributed by atoms with Crippen molar-refractivity contribution in [2.75, 3.05) is 24.7 Å². The van der Waals surface area contributed by atoms with E-state index in [2.05, 4.69) is 14.7 Å². The molecule has 1 heterocycles. The van der Waals surface area contributed by atoms with Crippen molar-refractivity contribution in [2.24, 2.45) is 0 Å². The van der Waals surface area contributed by atoms with E-state index in [0.29, 0.717) is 22.5 Å². The number of aliphatic hydroxyl groups excluding tert-OH is 2. The van der Waals surface area contributed by atoms with Gasteiger partial charge in [0.2, 0.25) is 16.0 Å². The van der Waals surface area contributed by atoms with Crippen molar-refractivity contribution in [1.82, 2.24) is 9.97 Å². The van der Waals surface area contributed by atoms with E-state index in [9.17, 15) is 27.8 Å². The Morgan fingerprint density at radius 2 is 1.82 bits per heavy atom. The first-order valence-electron chi connectivity index (χ1n) is 10.6. The normalized spacial score (nSPS) is 13.8. The fraction of sp³-hybridized carbons (Fsp3) is 0.435. The number of anilines is 1. The monoisotopic (exact) mass is 495 g/mol. The number of esters is 1. The van der Waals surface area contributed by atoms with Gasteiger partial charge in [0.05, 0.1) is 43.4 Å². The summed E-state index contributed by atoms with van der Waals surface area (Å²) < 4.78 is 43.2. The second-order valence-electron chi connectivity index (χ2n) is 8.16. The molecular weight excluding hydrogens is 465 g/mol. The van der Waals surface area contributed by atoms with Crippen LogP contribution in [0.15, 0.2) is 30.3 Å². The molecule has 0 saturated heterocycles. The van der Waals surface area contributed by atoms with Gasteiger partial charge in [-0.1, -0.05) is 26.0 Å². The summed E-state index contributed by atoms with van der Waals surface area (Å²) in [5, 5.41) is 20.3. The molecule has 0 aliphatic heterocycles. The molecule has 0 fully saturated rings. The number of methoxy groups -OCH3 is 1. The van der Waals surface area contributed by atoms with Crippen LogP contribution in [0.25, 0.3) is 17.3 Å². The summed E-state index contributed by atoms with van der Waals surface area (Å²) in [5.74, 6) is -1.24. The Balaban J connectivity index is 2.57. The standard InChI is InChI=1S/C23H30FN3O6S/c1-14(2)21-19(11-10-17(28)12-18(29)13-20(30)33-4)22(15-6-8-16(24)9-7-15)26-23(25-21)27(3)34(5,31)32/h6-11,14,17-18,28-29H,12-13H2,1-5H3/b11-10+/t17?,18-/m1/s1. The van der Waals surface area contributed by atoms with Gasteiger partial charge in [-0.2, -0.15) is 0 Å². The van der Waals surface area contributed by atoms with Gasteiger partial charge in [-0.3, -0.25) is 4.79 Å². The van der Waals surface area contributed by atoms with Crippen LogP contribution in [-0.4, -0.2) is 67.2 Å². The quantitative estimate of drug-likeness (QED) is 0.481. The molecule has 2 N–H and O–H groups in total. The molecular formula is C23H30FN3O6S. The summed E-state index contributed by atoms with van der Waals surface area (Å²) in [5.41, 5.74) is 1.89. The van der Waals surface area contributed by atoms with E-state index in [1.807, 2.05) is 13.8 Å². The van der Waals surface area contributed by atoms with Crippen molar-refractivity contribution in [3.05, 3.63) is 47.4 Å². The van der Waals surface area contributed by atoms with Gasteiger partial charge in [0.25, 0.3) is 0 Å². The number of nitrogens with zero attached hydrogens (tertiary/aromatic N) is 3. The third kappa shape index (κ3) is 7.31. The average Bonchev–Trinajstić information content (AvgIpc) is 2.76. The second kappa shape index (κ2) is 11.5. The van der Waals surface area contributed by atoms with Crippen molar-refractivity contribution in [1.29, 1.82) is 0 Å². The molecule has 1 aromatic carbocycles. The predicted octanol–water partition coefficient (Wildman–Crippen LogP) is 2.49. The van der Waals surface area contributed by atoms with E-state index < -0.39 is 34.0 Å². The highest BCUT2D eigenvalue weighted by atomic mass is 32.2. The first-order valence-corrected chi connectivity index (χ1v) is 12.4. The number of aromatic nitrogens is 2. The van der Waals surface area contributed by atoms with Gasteiger partial charge in [-0.05, 0) is 30.2 Å². The number of ether oxygens (including phenoxy) is 1. The van der Waals surface area contributed by atoms with E-state index in [0.717, 1.165) is 10.6 Å². The van der Waals surface area contributed by atoms with Crippen LogP contribution in [0, 0.1) is 5.82 Å². The number of rotatable bonds is 10. The first kappa shape index (κ1) is 27.4. The van der Waals surface area contributed by atoms with Gasteiger partial charge in [-0.25, -0.2) is 27.1 Å². The smallest absolute Gasteiger partial charge is 0.308 e. The summed E-state index contributed by atoms with van der Waals surface area (Å²) >= 11 is 0. The molecule has 2 atom stereocenters. The van der Waals surface area contributed by atoms with E-state index in [4.69, 9.17) is 0 Å². The molecule has 0 radical (unpaired) electrons. The van der Waals surface area contributed by atoms with Crippen LogP contribution in [0.2, 0.25) is 0 Å². The van der Waals surface area contributed by atoms with Gasteiger partial charge in [0.15, 0.2) is 0 Å². The van der Waals surface area contributed by atoms with Crippen LogP contribution >= 0.6 is 0 Å². The zero-order valence-electron chi connectivity index (χ0n) is 19.8. The Kier molecular flexibility index (Phi) is 9.25. The lowest BCUT2D eigenvalue weighted by molar-refractivity contribution is -0.143. The topological polar surface area (TPSA) is 130 Å². The number of aliphatic hydroxyl groups is 2. The molecule has 1 unspecified atom stereocenters. The molecule has 0 spiro atoms. The van der Waals surface area contributed by atoms with Crippen LogP contribution in [0.4, 0.5) is 10.3 Å². The highest BCUT2D eigenvalue weighted by Gasteiger charge is 2.22. The number of halogens is 1. The Bertz CT molecular complexity index is 1140. The molecule has 0 aliphatic carbocycles. The largest absolute Gasteiger partial charge is 0.469 e. The molecule has 1 aromatic heterocycles. The zero-order chi connectivity index (χ0) is 25.6. The lowest BCUT2D eigenvalue weighted by atomic mass is 9.97. The van der Waals surface area contributed by atoms with E-state index >= 15 is 0 Å². The maximum absolute atomic E-state index is 13.5. The highest BCUT2D eigenvalue weighted by Crippen LogP contribution is 2.31. The molecule has 0 aliphatic rings. The third-order valence-corrected chi connectivity index (χ3v) is 6.19. The minimum atomic E-state index is -3.64. The van der Waals surface area contributed by atoms with Crippen LogP contribution < -0.4 is 4.31 Å². The number of sulfonamides is 1. The first-order chi connectivity index (χ1) is 15.8. The average molecular weight is 496 g/mol.